The van der Waals surface area contributed by atoms with Gasteiger partial charge in [0.2, 0.25) is 0 Å². The normalized spacial score (nSPS) is 12.2. The maximum Gasteiger partial charge on any atom is 0.261 e. The molecule has 0 spiro atoms. The Bertz CT molecular complexity index is 2380. The molecule has 0 saturated heterocycles. The van der Waals surface area contributed by atoms with Crippen molar-refractivity contribution in [3.8, 4) is 0 Å². The fourth-order valence-corrected chi connectivity index (χ4v) is 7.73. The summed E-state index contributed by atoms with van der Waals surface area (Å²) in [6.07, 6.45) is 4.00. The van der Waals surface area contributed by atoms with E-state index in [1.807, 2.05) is 48.5 Å². The average Bonchev–Trinajstić information content (AvgIpc) is 3.23. The Morgan fingerprint density at radius 3 is 1.48 bits per heavy atom. The lowest BCUT2D eigenvalue weighted by Crippen LogP contribution is -2.41. The van der Waals surface area contributed by atoms with Crippen LogP contribution < -0.4 is 4.90 Å². The van der Waals surface area contributed by atoms with Crippen molar-refractivity contribution in [1.82, 2.24) is 4.90 Å². The second-order valence-electron chi connectivity index (χ2n) is 13.7. The third-order valence-corrected chi connectivity index (χ3v) is 10.3. The quantitative estimate of drug-likeness (QED) is 0.0723. The number of hydrogen-bond donors (Lipinski definition) is 0. The van der Waals surface area contributed by atoms with Crippen molar-refractivity contribution in [1.29, 1.82) is 0 Å². The zero-order chi connectivity index (χ0) is 36.9. The first-order valence-electron chi connectivity index (χ1n) is 18.9. The van der Waals surface area contributed by atoms with Crippen LogP contribution in [-0.4, -0.2) is 23.3 Å². The largest absolute Gasteiger partial charge is 0.310 e. The highest BCUT2D eigenvalue weighted by Gasteiger charge is 2.33. The van der Waals surface area contributed by atoms with Crippen LogP contribution in [0.3, 0.4) is 0 Å². The number of unbranched alkanes of at least 4 members (excludes halogenated alkanes) is 3. The summed E-state index contributed by atoms with van der Waals surface area (Å²) in [6.45, 7) is 2.60. The van der Waals surface area contributed by atoms with E-state index >= 15 is 0 Å². The van der Waals surface area contributed by atoms with E-state index in [2.05, 4.69) is 139 Å². The van der Waals surface area contributed by atoms with E-state index in [1.165, 1.54) is 4.90 Å². The SMILES string of the molecule is CCCCCCN1C(=O)c2cccc3c(N(c4ccccc4)c4ccc(C(=C(c5ccccc5)c5ccccc5)c5ccccc5)cc4)ccc(c23)C1=O. The van der Waals surface area contributed by atoms with E-state index in [1.54, 1.807) is 0 Å². The number of hydrogen-bond acceptors (Lipinski definition) is 3. The molecule has 1 heterocycles. The van der Waals surface area contributed by atoms with Gasteiger partial charge in [0.15, 0.2) is 0 Å². The van der Waals surface area contributed by atoms with Gasteiger partial charge in [0.05, 0.1) is 5.69 Å². The first-order chi connectivity index (χ1) is 26.6. The Morgan fingerprint density at radius 1 is 0.463 bits per heavy atom. The summed E-state index contributed by atoms with van der Waals surface area (Å²) in [4.78, 5) is 31.4. The number of nitrogens with zero attached hydrogens (tertiary/aromatic N) is 2. The van der Waals surface area contributed by atoms with E-state index < -0.39 is 0 Å². The summed E-state index contributed by atoms with van der Waals surface area (Å²) >= 11 is 0. The van der Waals surface area contributed by atoms with Gasteiger partial charge in [-0.3, -0.25) is 14.5 Å². The third-order valence-electron chi connectivity index (χ3n) is 10.3. The molecule has 0 bridgehead atoms. The molecular weight excluding hydrogens is 661 g/mol. The van der Waals surface area contributed by atoms with Gasteiger partial charge in [0, 0.05) is 39.8 Å². The van der Waals surface area contributed by atoms with E-state index in [9.17, 15) is 9.59 Å². The summed E-state index contributed by atoms with van der Waals surface area (Å²) in [7, 11) is 0. The Labute approximate surface area is 317 Å². The van der Waals surface area contributed by atoms with E-state index in [0.717, 1.165) is 86.9 Å². The van der Waals surface area contributed by atoms with Crippen LogP contribution in [0.25, 0.3) is 21.9 Å². The van der Waals surface area contributed by atoms with Crippen LogP contribution >= 0.6 is 0 Å². The average molecular weight is 703 g/mol. The summed E-state index contributed by atoms with van der Waals surface area (Å²) in [5, 5.41) is 1.59. The molecule has 2 amide bonds. The van der Waals surface area contributed by atoms with E-state index in [0.29, 0.717) is 17.7 Å². The topological polar surface area (TPSA) is 40.6 Å². The minimum Gasteiger partial charge on any atom is -0.310 e. The van der Waals surface area contributed by atoms with Gasteiger partial charge in [-0.05, 0) is 82.3 Å². The van der Waals surface area contributed by atoms with Crippen molar-refractivity contribution in [3.63, 3.8) is 0 Å². The predicted octanol–water partition coefficient (Wildman–Crippen LogP) is 12.5. The van der Waals surface area contributed by atoms with Gasteiger partial charge < -0.3 is 4.90 Å². The molecule has 8 rings (SSSR count). The molecule has 1 aliphatic heterocycles. The van der Waals surface area contributed by atoms with Crippen molar-refractivity contribution in [2.45, 2.75) is 32.6 Å². The number of rotatable bonds is 12. The van der Waals surface area contributed by atoms with Gasteiger partial charge in [0.25, 0.3) is 11.8 Å². The maximum absolute atomic E-state index is 13.9. The molecule has 0 aromatic heterocycles. The molecule has 4 heteroatoms. The van der Waals surface area contributed by atoms with Crippen LogP contribution in [0.15, 0.2) is 176 Å². The first kappa shape index (κ1) is 34.6. The molecule has 7 aromatic rings. The van der Waals surface area contributed by atoms with Crippen molar-refractivity contribution in [2.75, 3.05) is 11.4 Å². The van der Waals surface area contributed by atoms with Crippen LogP contribution in [0.5, 0.6) is 0 Å². The third kappa shape index (κ3) is 6.63. The van der Waals surface area contributed by atoms with Gasteiger partial charge in [-0.15, -0.1) is 0 Å². The van der Waals surface area contributed by atoms with Crippen molar-refractivity contribution in [3.05, 3.63) is 209 Å². The van der Waals surface area contributed by atoms with Gasteiger partial charge in [-0.2, -0.15) is 0 Å². The molecule has 0 saturated carbocycles. The maximum atomic E-state index is 13.9. The Balaban J connectivity index is 1.27. The monoisotopic (exact) mass is 702 g/mol. The predicted molar refractivity (Wildman–Crippen MR) is 222 cm³/mol. The minimum absolute atomic E-state index is 0.213. The molecule has 1 aliphatic rings. The number of carbonyl (C=O) groups is 2. The molecule has 7 aromatic carbocycles. The number of amides is 2. The van der Waals surface area contributed by atoms with Gasteiger partial charge >= 0.3 is 0 Å². The van der Waals surface area contributed by atoms with Crippen molar-refractivity contribution in [2.24, 2.45) is 0 Å². The lowest BCUT2D eigenvalue weighted by molar-refractivity contribution is 0.0608. The van der Waals surface area contributed by atoms with Crippen molar-refractivity contribution < 1.29 is 9.59 Å². The summed E-state index contributed by atoms with van der Waals surface area (Å²) in [5.74, 6) is -0.426. The zero-order valence-electron chi connectivity index (χ0n) is 30.5. The molecule has 264 valence electrons. The molecule has 4 nitrogen and oxygen atoms in total. The second-order valence-corrected chi connectivity index (χ2v) is 13.7. The highest BCUT2D eigenvalue weighted by atomic mass is 16.2. The van der Waals surface area contributed by atoms with E-state index in [4.69, 9.17) is 0 Å². The number of anilines is 3. The van der Waals surface area contributed by atoms with Crippen LogP contribution in [0.4, 0.5) is 17.1 Å². The fourth-order valence-electron chi connectivity index (χ4n) is 7.73. The Hall–Kier alpha value is -6.52. The minimum atomic E-state index is -0.213. The van der Waals surface area contributed by atoms with Crippen LogP contribution in [-0.2, 0) is 0 Å². The lowest BCUT2D eigenvalue weighted by atomic mass is 9.85. The number of imide groups is 1. The molecule has 0 aliphatic carbocycles. The standard InChI is InChI=1S/C50H42N2O2/c1-2-3-4-17-35-51-49(53)43-28-18-27-42-45(34-33-44(48(42)43)50(51)54)52(40-25-15-8-16-26-40)41-31-29-39(30-32-41)47(38-23-13-7-14-24-38)46(36-19-9-5-10-20-36)37-21-11-6-12-22-37/h5-16,18-34H,2-4,17,35H2,1H3. The van der Waals surface area contributed by atoms with Crippen molar-refractivity contribution >= 4 is 50.8 Å². The van der Waals surface area contributed by atoms with Gasteiger partial charge in [-0.1, -0.05) is 160 Å². The highest BCUT2D eigenvalue weighted by molar-refractivity contribution is 6.27. The smallest absolute Gasteiger partial charge is 0.261 e. The number of benzene rings is 7. The van der Waals surface area contributed by atoms with Crippen LogP contribution in [0, 0.1) is 0 Å². The number of para-hydroxylation sites is 1. The molecule has 0 atom stereocenters. The molecule has 54 heavy (non-hydrogen) atoms. The Morgan fingerprint density at radius 2 is 0.944 bits per heavy atom. The van der Waals surface area contributed by atoms with Gasteiger partial charge in [0.1, 0.15) is 0 Å². The summed E-state index contributed by atoms with van der Waals surface area (Å²) in [5.41, 5.74) is 10.8. The summed E-state index contributed by atoms with van der Waals surface area (Å²) in [6, 6.07) is 60.5. The van der Waals surface area contributed by atoms with Crippen LogP contribution in [0.1, 0.15) is 75.6 Å². The molecule has 0 N–H and O–H groups in total. The first-order valence-corrected chi connectivity index (χ1v) is 18.9. The lowest BCUT2D eigenvalue weighted by Gasteiger charge is -2.31. The second kappa shape index (κ2) is 15.6. The Kier molecular flexibility index (Phi) is 9.99. The summed E-state index contributed by atoms with van der Waals surface area (Å²) < 4.78 is 0. The van der Waals surface area contributed by atoms with Gasteiger partial charge in [-0.25, -0.2) is 0 Å². The zero-order valence-corrected chi connectivity index (χ0v) is 30.5. The highest BCUT2D eigenvalue weighted by Crippen LogP contribution is 2.43. The molecule has 0 fully saturated rings. The van der Waals surface area contributed by atoms with Crippen LogP contribution in [0.2, 0.25) is 0 Å². The molecule has 0 radical (unpaired) electrons. The molecular formula is C50H42N2O2. The molecule has 0 unspecified atom stereocenters. The number of carbonyl (C=O) groups excluding carboxylic acids is 2. The fraction of sp³-hybridized carbons (Fsp3) is 0.120. The van der Waals surface area contributed by atoms with E-state index in [-0.39, 0.29) is 11.8 Å².